The maximum Gasteiger partial charge on any atom is 0.160 e. The third kappa shape index (κ3) is 4.06. The van der Waals surface area contributed by atoms with Gasteiger partial charge in [-0.3, -0.25) is 4.98 Å². The topological polar surface area (TPSA) is 38.7 Å². The Bertz CT molecular complexity index is 2490. The van der Waals surface area contributed by atoms with Gasteiger partial charge in [-0.25, -0.2) is 9.97 Å². The van der Waals surface area contributed by atoms with E-state index in [9.17, 15) is 0 Å². The first-order chi connectivity index (χ1) is 24.3. The van der Waals surface area contributed by atoms with E-state index in [4.69, 9.17) is 9.97 Å². The molecule has 0 N–H and O–H groups in total. The maximum atomic E-state index is 5.33. The molecular formula is C46H29N3. The van der Waals surface area contributed by atoms with Gasteiger partial charge in [-0.15, -0.1) is 0 Å². The number of hydrogen-bond donors (Lipinski definition) is 0. The minimum Gasteiger partial charge on any atom is -0.265 e. The SMILES string of the molecule is c1ccc(-c2cc(-c3cccc4c3-c3ccccc3C43c4ccccc4-c4ccccc43)nc(-c3ccc(-c4ccncc4)cc3)n2)cc1. The first-order valence-electron chi connectivity index (χ1n) is 16.7. The second kappa shape index (κ2) is 10.8. The van der Waals surface area contributed by atoms with Crippen molar-refractivity contribution in [3.8, 4) is 67.3 Å². The van der Waals surface area contributed by atoms with E-state index in [1.165, 1.54) is 44.5 Å². The summed E-state index contributed by atoms with van der Waals surface area (Å²) in [7, 11) is 0. The molecule has 0 amide bonds. The van der Waals surface area contributed by atoms with Crippen molar-refractivity contribution >= 4 is 0 Å². The van der Waals surface area contributed by atoms with Gasteiger partial charge in [0.2, 0.25) is 0 Å². The van der Waals surface area contributed by atoms with Gasteiger partial charge in [-0.2, -0.15) is 0 Å². The lowest BCUT2D eigenvalue weighted by Gasteiger charge is -2.30. The molecule has 8 aromatic rings. The summed E-state index contributed by atoms with van der Waals surface area (Å²) in [5.74, 6) is 0.702. The number of rotatable bonds is 4. The van der Waals surface area contributed by atoms with Crippen molar-refractivity contribution in [1.29, 1.82) is 0 Å². The molecule has 0 saturated carbocycles. The van der Waals surface area contributed by atoms with E-state index in [2.05, 4.69) is 151 Å². The van der Waals surface area contributed by atoms with Crippen molar-refractivity contribution in [2.24, 2.45) is 0 Å². The lowest BCUT2D eigenvalue weighted by molar-refractivity contribution is 0.794. The van der Waals surface area contributed by atoms with E-state index >= 15 is 0 Å². The van der Waals surface area contributed by atoms with Crippen LogP contribution < -0.4 is 0 Å². The molecule has 2 heterocycles. The fourth-order valence-corrected chi connectivity index (χ4v) is 8.18. The molecule has 3 heteroatoms. The molecule has 1 spiro atoms. The summed E-state index contributed by atoms with van der Waals surface area (Å²) in [5, 5.41) is 0. The van der Waals surface area contributed by atoms with Crippen LogP contribution in [-0.4, -0.2) is 15.0 Å². The van der Waals surface area contributed by atoms with Crippen molar-refractivity contribution in [3.05, 3.63) is 198 Å². The zero-order valence-corrected chi connectivity index (χ0v) is 26.6. The van der Waals surface area contributed by atoms with Gasteiger partial charge in [-0.05, 0) is 73.8 Å². The first-order valence-corrected chi connectivity index (χ1v) is 16.7. The minimum atomic E-state index is -0.407. The Morgan fingerprint density at radius 3 is 1.55 bits per heavy atom. The van der Waals surface area contributed by atoms with Crippen LogP contribution in [0.15, 0.2) is 176 Å². The van der Waals surface area contributed by atoms with Crippen LogP contribution in [0.1, 0.15) is 22.3 Å². The number of nitrogens with zero attached hydrogens (tertiary/aromatic N) is 3. The Balaban J connectivity index is 1.22. The predicted molar refractivity (Wildman–Crippen MR) is 198 cm³/mol. The molecule has 0 unspecified atom stereocenters. The van der Waals surface area contributed by atoms with E-state index in [0.717, 1.165) is 39.2 Å². The smallest absolute Gasteiger partial charge is 0.160 e. The Morgan fingerprint density at radius 1 is 0.347 bits per heavy atom. The largest absolute Gasteiger partial charge is 0.265 e. The van der Waals surface area contributed by atoms with Crippen molar-refractivity contribution < 1.29 is 0 Å². The van der Waals surface area contributed by atoms with Crippen molar-refractivity contribution in [1.82, 2.24) is 15.0 Å². The molecular weight excluding hydrogens is 595 g/mol. The molecule has 0 saturated heterocycles. The van der Waals surface area contributed by atoms with E-state index in [-0.39, 0.29) is 0 Å². The maximum absolute atomic E-state index is 5.33. The predicted octanol–water partition coefficient (Wildman–Crippen LogP) is 10.9. The molecule has 0 aliphatic heterocycles. The standard InChI is InChI=1S/C46H29N3/c1-2-11-32(12-3-1)42-29-43(49-45(48-42)33-23-21-30(22-24-33)31-25-27-47-28-26-31)37-16-10-20-41-44(37)36-15-6-9-19-40(36)46(41)38-17-7-4-13-34(38)35-14-5-8-18-39(35)46/h1-29H. The van der Waals surface area contributed by atoms with Crippen LogP contribution in [-0.2, 0) is 5.41 Å². The minimum absolute atomic E-state index is 0.407. The number of benzene rings is 6. The molecule has 0 atom stereocenters. The Labute approximate surface area is 285 Å². The average Bonchev–Trinajstić information content (AvgIpc) is 3.66. The summed E-state index contributed by atoms with van der Waals surface area (Å²) in [6, 6.07) is 58.7. The Kier molecular flexibility index (Phi) is 6.09. The summed E-state index contributed by atoms with van der Waals surface area (Å²) in [6.45, 7) is 0. The van der Waals surface area contributed by atoms with Gasteiger partial charge in [0.15, 0.2) is 5.82 Å². The van der Waals surface area contributed by atoms with Gasteiger partial charge in [-0.1, -0.05) is 146 Å². The van der Waals surface area contributed by atoms with Gasteiger partial charge in [0, 0.05) is 29.1 Å². The monoisotopic (exact) mass is 623 g/mol. The van der Waals surface area contributed by atoms with Crippen molar-refractivity contribution in [3.63, 3.8) is 0 Å². The molecule has 2 aromatic heterocycles. The van der Waals surface area contributed by atoms with Crippen LogP contribution in [0.5, 0.6) is 0 Å². The highest BCUT2D eigenvalue weighted by molar-refractivity contribution is 5.99. The van der Waals surface area contributed by atoms with E-state index in [0.29, 0.717) is 5.82 Å². The first kappa shape index (κ1) is 27.6. The summed E-state index contributed by atoms with van der Waals surface area (Å²) < 4.78 is 0. The van der Waals surface area contributed by atoms with Crippen molar-refractivity contribution in [2.45, 2.75) is 5.41 Å². The van der Waals surface area contributed by atoms with Crippen LogP contribution in [0.4, 0.5) is 0 Å². The molecule has 0 fully saturated rings. The van der Waals surface area contributed by atoms with Crippen LogP contribution in [0.2, 0.25) is 0 Å². The summed E-state index contributed by atoms with van der Waals surface area (Å²) in [5.41, 5.74) is 17.2. The highest BCUT2D eigenvalue weighted by Gasteiger charge is 2.52. The lowest BCUT2D eigenvalue weighted by atomic mass is 9.70. The zero-order chi connectivity index (χ0) is 32.4. The Hall–Kier alpha value is -6.45. The Morgan fingerprint density at radius 2 is 0.857 bits per heavy atom. The zero-order valence-electron chi connectivity index (χ0n) is 26.6. The summed E-state index contributed by atoms with van der Waals surface area (Å²) in [4.78, 5) is 14.7. The highest BCUT2D eigenvalue weighted by Crippen LogP contribution is 2.63. The fraction of sp³-hybridized carbons (Fsp3) is 0.0217. The van der Waals surface area contributed by atoms with E-state index in [1.54, 1.807) is 0 Å². The third-order valence-electron chi connectivity index (χ3n) is 10.2. The number of hydrogen-bond acceptors (Lipinski definition) is 3. The summed E-state index contributed by atoms with van der Waals surface area (Å²) in [6.07, 6.45) is 3.65. The molecule has 3 nitrogen and oxygen atoms in total. The molecule has 2 aliphatic rings. The molecule has 0 bridgehead atoms. The quantitative estimate of drug-likeness (QED) is 0.196. The van der Waals surface area contributed by atoms with Gasteiger partial charge < -0.3 is 0 Å². The molecule has 6 aromatic carbocycles. The third-order valence-corrected chi connectivity index (χ3v) is 10.2. The average molecular weight is 624 g/mol. The molecule has 0 radical (unpaired) electrons. The number of pyridine rings is 1. The van der Waals surface area contributed by atoms with E-state index < -0.39 is 5.41 Å². The second-order valence-corrected chi connectivity index (χ2v) is 12.8. The van der Waals surface area contributed by atoms with Gasteiger partial charge >= 0.3 is 0 Å². The fourth-order valence-electron chi connectivity index (χ4n) is 8.18. The van der Waals surface area contributed by atoms with Gasteiger partial charge in [0.1, 0.15) is 0 Å². The van der Waals surface area contributed by atoms with Gasteiger partial charge in [0.25, 0.3) is 0 Å². The van der Waals surface area contributed by atoms with Gasteiger partial charge in [0.05, 0.1) is 16.8 Å². The summed E-state index contributed by atoms with van der Waals surface area (Å²) >= 11 is 0. The highest BCUT2D eigenvalue weighted by atomic mass is 14.9. The van der Waals surface area contributed by atoms with Crippen LogP contribution in [0.3, 0.4) is 0 Å². The molecule has 228 valence electrons. The van der Waals surface area contributed by atoms with Crippen LogP contribution >= 0.6 is 0 Å². The number of aromatic nitrogens is 3. The van der Waals surface area contributed by atoms with Crippen LogP contribution in [0, 0.1) is 0 Å². The normalized spacial score (nSPS) is 13.1. The van der Waals surface area contributed by atoms with Crippen LogP contribution in [0.25, 0.3) is 67.3 Å². The molecule has 49 heavy (non-hydrogen) atoms. The van der Waals surface area contributed by atoms with Crippen molar-refractivity contribution in [2.75, 3.05) is 0 Å². The molecule has 2 aliphatic carbocycles. The lowest BCUT2D eigenvalue weighted by Crippen LogP contribution is -2.25. The number of fused-ring (bicyclic) bond motifs is 10. The van der Waals surface area contributed by atoms with E-state index in [1.807, 2.05) is 30.6 Å². The molecule has 10 rings (SSSR count). The second-order valence-electron chi connectivity index (χ2n) is 12.8.